The molecule has 0 spiro atoms. The number of nitriles is 1. The number of guanidine groups is 1. The van der Waals surface area contributed by atoms with Gasteiger partial charge in [-0.2, -0.15) is 19.9 Å². The number of hydrogen-bond acceptors (Lipinski definition) is 10. The second-order valence-corrected chi connectivity index (χ2v) is 9.67. The van der Waals surface area contributed by atoms with Crippen molar-refractivity contribution in [3.05, 3.63) is 101 Å². The summed E-state index contributed by atoms with van der Waals surface area (Å²) in [7, 11) is 0. The number of carbonyl (C=O) groups excluding carboxylic acids is 2. The van der Waals surface area contributed by atoms with Crippen molar-refractivity contribution in [2.24, 2.45) is 16.5 Å². The number of carboxylic acids is 1. The molecule has 2 aromatic carbocycles. The number of aromatic nitrogens is 4. The Morgan fingerprint density at radius 1 is 1.25 bits per heavy atom. The zero-order valence-electron chi connectivity index (χ0n) is 25.0. The normalized spacial score (nSPS) is 12.7. The van der Waals surface area contributed by atoms with Crippen molar-refractivity contribution in [1.82, 2.24) is 30.2 Å². The van der Waals surface area contributed by atoms with Crippen LogP contribution in [0.1, 0.15) is 73.5 Å². The summed E-state index contributed by atoms with van der Waals surface area (Å²) in [5.74, 6) is -2.08. The second-order valence-electron chi connectivity index (χ2n) is 9.67. The van der Waals surface area contributed by atoms with Crippen LogP contribution < -0.4 is 22.1 Å². The molecule has 0 radical (unpaired) electrons. The minimum Gasteiger partial charge on any atom is -0.477 e. The first-order chi connectivity index (χ1) is 21.7. The number of carboxylic acid groups (broad SMARTS) is 1. The lowest BCUT2D eigenvalue weighted by atomic mass is 9.98. The van der Waals surface area contributed by atoms with Crippen molar-refractivity contribution >= 4 is 60.1 Å². The van der Waals surface area contributed by atoms with Gasteiger partial charge in [-0.15, -0.1) is 24.8 Å². The lowest BCUT2D eigenvalue weighted by Gasteiger charge is -2.16. The number of halogens is 2. The van der Waals surface area contributed by atoms with Crippen LogP contribution in [0.15, 0.2) is 66.4 Å². The number of nitrogens with two attached hydrogens (primary N) is 2. The highest BCUT2D eigenvalue weighted by Gasteiger charge is 2.29. The third-order valence-corrected chi connectivity index (χ3v) is 6.83. The Balaban J connectivity index is 0.000000579. The monoisotopic (exact) mass is 698 g/mol. The molecule has 1 aliphatic carbocycles. The van der Waals surface area contributed by atoms with Gasteiger partial charge in [0.25, 0.3) is 11.7 Å². The largest absolute Gasteiger partial charge is 0.477 e. The van der Waals surface area contributed by atoms with Gasteiger partial charge in [0.1, 0.15) is 18.6 Å². The van der Waals surface area contributed by atoms with E-state index in [1.54, 1.807) is 18.3 Å². The number of benzene rings is 2. The highest BCUT2D eigenvalue weighted by atomic mass is 35.5. The predicted octanol–water partition coefficient (Wildman–Crippen LogP) is 3.53. The fraction of sp³-hybridized carbons (Fsp3) is 0.226. The van der Waals surface area contributed by atoms with Gasteiger partial charge in [0, 0.05) is 12.6 Å². The highest BCUT2D eigenvalue weighted by molar-refractivity contribution is 5.96. The maximum absolute atomic E-state index is 13.0. The van der Waals surface area contributed by atoms with Crippen LogP contribution in [0.4, 0.5) is 5.69 Å². The van der Waals surface area contributed by atoms with E-state index in [-0.39, 0.29) is 68.0 Å². The number of ether oxygens (including phenoxy) is 1. The van der Waals surface area contributed by atoms with Gasteiger partial charge in [-0.05, 0) is 60.2 Å². The van der Waals surface area contributed by atoms with E-state index in [1.807, 2.05) is 31.2 Å². The van der Waals surface area contributed by atoms with Gasteiger partial charge in [-0.1, -0.05) is 38.3 Å². The summed E-state index contributed by atoms with van der Waals surface area (Å²) >= 11 is 0. The number of amides is 1. The quantitative estimate of drug-likeness (QED) is 0.0444. The smallest absolute Gasteiger partial charge is 0.354 e. The molecule has 2 heterocycles. The Bertz CT molecular complexity index is 1860. The van der Waals surface area contributed by atoms with Crippen molar-refractivity contribution in [3.63, 3.8) is 0 Å². The molecule has 48 heavy (non-hydrogen) atoms. The van der Waals surface area contributed by atoms with Crippen LogP contribution in [0.3, 0.4) is 0 Å². The van der Waals surface area contributed by atoms with Crippen molar-refractivity contribution < 1.29 is 24.2 Å². The van der Waals surface area contributed by atoms with Gasteiger partial charge >= 0.3 is 11.9 Å². The number of carbonyl (C=O) groups is 3. The molecule has 5 rings (SSSR count). The first-order valence-corrected chi connectivity index (χ1v) is 13.6. The summed E-state index contributed by atoms with van der Waals surface area (Å²) in [6.07, 6.45) is 5.72. The van der Waals surface area contributed by atoms with E-state index in [0.29, 0.717) is 30.6 Å². The Morgan fingerprint density at radius 2 is 2.00 bits per heavy atom. The molecular weight excluding hydrogens is 663 g/mol. The summed E-state index contributed by atoms with van der Waals surface area (Å²) in [4.78, 5) is 48.3. The fourth-order valence-corrected chi connectivity index (χ4v) is 4.76. The average molecular weight is 700 g/mol. The summed E-state index contributed by atoms with van der Waals surface area (Å²) in [5.41, 5.74) is 15.4. The Labute approximate surface area is 288 Å². The van der Waals surface area contributed by atoms with Crippen LogP contribution in [0, 0.1) is 18.4 Å². The highest BCUT2D eigenvalue weighted by Crippen LogP contribution is 2.35. The molecule has 0 saturated carbocycles. The second kappa shape index (κ2) is 18.6. The third kappa shape index (κ3) is 9.48. The minimum atomic E-state index is -1.27. The molecule has 4 aromatic rings. The first-order valence-electron chi connectivity index (χ1n) is 13.6. The van der Waals surface area contributed by atoms with E-state index in [4.69, 9.17) is 21.5 Å². The minimum absolute atomic E-state index is 0. The average Bonchev–Trinajstić information content (AvgIpc) is 3.67. The number of aromatic carboxylic acids is 1. The maximum Gasteiger partial charge on any atom is 0.354 e. The van der Waals surface area contributed by atoms with E-state index in [0.717, 1.165) is 22.3 Å². The van der Waals surface area contributed by atoms with Crippen LogP contribution in [-0.4, -0.2) is 55.1 Å². The number of esters is 1. The molecule has 1 aliphatic rings. The fourth-order valence-electron chi connectivity index (χ4n) is 4.76. The molecule has 0 fully saturated rings. The zero-order chi connectivity index (χ0) is 32.5. The van der Waals surface area contributed by atoms with Gasteiger partial charge in [-0.3, -0.25) is 10.1 Å². The molecule has 1 atom stereocenters. The molecule has 2 aromatic heterocycles. The molecule has 254 valence electrons. The van der Waals surface area contributed by atoms with E-state index >= 15 is 0 Å². The van der Waals surface area contributed by atoms with Crippen molar-refractivity contribution in [3.8, 4) is 6.19 Å². The number of aliphatic imine (C=N–C) groups is 1. The number of nitrogens with zero attached hydrogens (tertiary/aromatic N) is 6. The molecule has 7 N–H and O–H groups in total. The van der Waals surface area contributed by atoms with Crippen molar-refractivity contribution in [2.75, 3.05) is 6.61 Å². The topological polar surface area (TPSA) is 236 Å². The molecular formula is C31H36Cl2N10O5. The molecule has 0 unspecified atom stereocenters. The van der Waals surface area contributed by atoms with Gasteiger partial charge < -0.3 is 26.6 Å². The zero-order valence-corrected chi connectivity index (χ0v) is 26.7. The molecule has 0 aliphatic heterocycles. The molecule has 0 saturated heterocycles. The standard InChI is InChI=1S/C21H19N5O5.C9H11N5.CH4.2ClH/c1-3-8-31-20(30)13-4-5-14-12(11(13)2)6-7-15(14)24-18(27)17-9-16(19(28)29)25-21-22-10-23-26(17)21;10-5-7-2-1-3-8(4-7)14-9(12)13-6-11;;;/h3-5,9-10,15H,1,6-8H2,2H3,(H,24,27)(H,28,29);1-4H,5,10H2,(H3,12,13,14);1H4;2*1H/t15-;;;;/m0..../s1. The molecule has 17 heteroatoms. The van der Waals surface area contributed by atoms with E-state index in [2.05, 4.69) is 37.3 Å². The number of hydrogen-bond donors (Lipinski definition) is 5. The maximum atomic E-state index is 13.0. The Morgan fingerprint density at radius 3 is 2.67 bits per heavy atom. The Hall–Kier alpha value is -5.56. The van der Waals surface area contributed by atoms with Crippen LogP contribution >= 0.6 is 24.8 Å². The van der Waals surface area contributed by atoms with Crippen LogP contribution in [-0.2, 0) is 17.7 Å². The van der Waals surface area contributed by atoms with Gasteiger partial charge in [-0.25, -0.2) is 19.6 Å². The summed E-state index contributed by atoms with van der Waals surface area (Å²) in [6.45, 7) is 5.98. The molecule has 15 nitrogen and oxygen atoms in total. The predicted molar refractivity (Wildman–Crippen MR) is 184 cm³/mol. The van der Waals surface area contributed by atoms with Crippen molar-refractivity contribution in [1.29, 1.82) is 5.26 Å². The van der Waals surface area contributed by atoms with Crippen LogP contribution in [0.5, 0.6) is 0 Å². The van der Waals surface area contributed by atoms with Gasteiger partial charge in [0.15, 0.2) is 11.9 Å². The SMILES string of the molecule is C.C=CCOC(=O)c1ccc2c(c1C)CC[C@@H]2NC(=O)c1cc(C(=O)O)nc2ncnn12.Cl.Cl.N#CNC(N)=Nc1cccc(CN)c1. The van der Waals surface area contributed by atoms with Gasteiger partial charge in [0.2, 0.25) is 5.96 Å². The Kier molecular flexibility index (Phi) is 15.6. The van der Waals surface area contributed by atoms with E-state index in [1.165, 1.54) is 23.0 Å². The number of fused-ring (bicyclic) bond motifs is 2. The van der Waals surface area contributed by atoms with Crippen LogP contribution in [0.25, 0.3) is 5.78 Å². The summed E-state index contributed by atoms with van der Waals surface area (Å²) in [6, 6.07) is 11.7. The third-order valence-electron chi connectivity index (χ3n) is 6.83. The molecule has 1 amide bonds. The number of nitrogens with one attached hydrogen (secondary N) is 2. The first kappa shape index (κ1) is 40.5. The van der Waals surface area contributed by atoms with E-state index < -0.39 is 17.8 Å². The van der Waals surface area contributed by atoms with Gasteiger partial charge in [0.05, 0.1) is 17.3 Å². The summed E-state index contributed by atoms with van der Waals surface area (Å²) < 4.78 is 6.33. The number of rotatable bonds is 8. The summed E-state index contributed by atoms with van der Waals surface area (Å²) in [5, 5.41) is 26.7. The van der Waals surface area contributed by atoms with Crippen LogP contribution in [0.2, 0.25) is 0 Å². The molecule has 0 bridgehead atoms. The lowest BCUT2D eigenvalue weighted by molar-refractivity contribution is 0.0548. The van der Waals surface area contributed by atoms with E-state index in [9.17, 15) is 19.5 Å². The lowest BCUT2D eigenvalue weighted by Crippen LogP contribution is -2.29. The van der Waals surface area contributed by atoms with Crippen molar-refractivity contribution in [2.45, 2.75) is 39.8 Å².